The van der Waals surface area contributed by atoms with E-state index in [-0.39, 0.29) is 11.9 Å². The molecule has 33 heavy (non-hydrogen) atoms. The molecule has 3 amide bonds. The summed E-state index contributed by atoms with van der Waals surface area (Å²) in [6.07, 6.45) is -3.80. The van der Waals surface area contributed by atoms with E-state index in [4.69, 9.17) is 5.73 Å². The molecule has 0 saturated heterocycles. The first kappa shape index (κ1) is 22.4. The van der Waals surface area contributed by atoms with Crippen LogP contribution in [0.2, 0.25) is 0 Å². The standard InChI is InChI=1S/C25H22F3N3O2/c1-15-20-11-10-19(14-17(20)12-13-31(15)24(29)33)30-23(32)22-5-3-2-4-21(22)16-6-8-18(9-7-16)25(26,27)28/h2-11,14-15H,12-13H2,1H3,(H2,29,33)(H,30,32). The molecule has 8 heteroatoms. The molecule has 3 N–H and O–H groups in total. The molecule has 1 aliphatic rings. The average Bonchev–Trinajstić information content (AvgIpc) is 2.78. The second-order valence-corrected chi connectivity index (χ2v) is 7.95. The summed E-state index contributed by atoms with van der Waals surface area (Å²) in [5.41, 5.74) is 8.69. The van der Waals surface area contributed by atoms with E-state index < -0.39 is 17.8 Å². The summed E-state index contributed by atoms with van der Waals surface area (Å²) in [6, 6.07) is 16.4. The Morgan fingerprint density at radius 3 is 2.39 bits per heavy atom. The molecule has 5 nitrogen and oxygen atoms in total. The number of nitrogens with one attached hydrogen (secondary N) is 1. The average molecular weight is 453 g/mol. The number of urea groups is 1. The lowest BCUT2D eigenvalue weighted by molar-refractivity contribution is -0.137. The highest BCUT2D eigenvalue weighted by Gasteiger charge is 2.30. The number of amides is 3. The number of benzene rings is 3. The highest BCUT2D eigenvalue weighted by Crippen LogP contribution is 2.33. The van der Waals surface area contributed by atoms with Crippen LogP contribution in [0.15, 0.2) is 66.7 Å². The summed E-state index contributed by atoms with van der Waals surface area (Å²) in [5, 5.41) is 2.88. The monoisotopic (exact) mass is 453 g/mol. The normalized spacial score (nSPS) is 15.6. The minimum Gasteiger partial charge on any atom is -0.351 e. The molecule has 0 aliphatic carbocycles. The van der Waals surface area contributed by atoms with Crippen molar-refractivity contribution in [2.75, 3.05) is 11.9 Å². The molecular formula is C25H22F3N3O2. The first-order chi connectivity index (χ1) is 15.6. The molecule has 0 aromatic heterocycles. The zero-order valence-electron chi connectivity index (χ0n) is 17.8. The Labute approximate surface area is 189 Å². The topological polar surface area (TPSA) is 75.4 Å². The number of halogens is 3. The highest BCUT2D eigenvalue weighted by molar-refractivity contribution is 6.08. The number of primary amides is 1. The number of hydrogen-bond acceptors (Lipinski definition) is 2. The van der Waals surface area contributed by atoms with Crippen molar-refractivity contribution in [2.24, 2.45) is 5.73 Å². The third-order valence-electron chi connectivity index (χ3n) is 5.92. The predicted octanol–water partition coefficient (Wildman–Crippen LogP) is 5.62. The van der Waals surface area contributed by atoms with Crippen molar-refractivity contribution in [1.29, 1.82) is 0 Å². The van der Waals surface area contributed by atoms with Crippen molar-refractivity contribution in [3.8, 4) is 11.1 Å². The number of nitrogens with zero attached hydrogens (tertiary/aromatic N) is 1. The lowest BCUT2D eigenvalue weighted by Crippen LogP contribution is -2.42. The van der Waals surface area contributed by atoms with Crippen LogP contribution < -0.4 is 11.1 Å². The van der Waals surface area contributed by atoms with Crippen LogP contribution in [0.1, 0.15) is 40.0 Å². The van der Waals surface area contributed by atoms with E-state index in [1.807, 2.05) is 19.1 Å². The molecule has 1 aliphatic heterocycles. The maximum Gasteiger partial charge on any atom is 0.416 e. The van der Waals surface area contributed by atoms with Gasteiger partial charge in [0.15, 0.2) is 0 Å². The number of carbonyl (C=O) groups excluding carboxylic acids is 2. The van der Waals surface area contributed by atoms with Crippen molar-refractivity contribution in [2.45, 2.75) is 25.6 Å². The van der Waals surface area contributed by atoms with Crippen LogP contribution in [0.5, 0.6) is 0 Å². The fraction of sp³-hybridized carbons (Fsp3) is 0.200. The van der Waals surface area contributed by atoms with Gasteiger partial charge < -0.3 is 16.0 Å². The predicted molar refractivity (Wildman–Crippen MR) is 120 cm³/mol. The van der Waals surface area contributed by atoms with Gasteiger partial charge in [-0.25, -0.2) is 4.79 Å². The van der Waals surface area contributed by atoms with Gasteiger partial charge in [0.1, 0.15) is 0 Å². The molecule has 1 atom stereocenters. The van der Waals surface area contributed by atoms with E-state index >= 15 is 0 Å². The fourth-order valence-corrected chi connectivity index (χ4v) is 4.18. The van der Waals surface area contributed by atoms with Crippen LogP contribution in [0.25, 0.3) is 11.1 Å². The summed E-state index contributed by atoms with van der Waals surface area (Å²) < 4.78 is 38.7. The van der Waals surface area contributed by atoms with Crippen LogP contribution in [-0.4, -0.2) is 23.4 Å². The fourth-order valence-electron chi connectivity index (χ4n) is 4.18. The molecule has 4 rings (SSSR count). The zero-order valence-corrected chi connectivity index (χ0v) is 17.8. The first-order valence-electron chi connectivity index (χ1n) is 10.4. The van der Waals surface area contributed by atoms with Gasteiger partial charge >= 0.3 is 12.2 Å². The minimum absolute atomic E-state index is 0.156. The Morgan fingerprint density at radius 1 is 1.03 bits per heavy atom. The van der Waals surface area contributed by atoms with Crippen molar-refractivity contribution in [3.63, 3.8) is 0 Å². The number of anilines is 1. The van der Waals surface area contributed by atoms with Crippen LogP contribution >= 0.6 is 0 Å². The molecule has 3 aromatic rings. The third kappa shape index (κ3) is 4.55. The summed E-state index contributed by atoms with van der Waals surface area (Å²) in [7, 11) is 0. The Balaban J connectivity index is 1.58. The molecule has 0 spiro atoms. The van der Waals surface area contributed by atoms with E-state index in [1.165, 1.54) is 12.1 Å². The van der Waals surface area contributed by atoms with E-state index in [0.29, 0.717) is 35.3 Å². The van der Waals surface area contributed by atoms with Crippen molar-refractivity contribution in [3.05, 3.63) is 89.0 Å². The molecule has 0 bridgehead atoms. The number of nitrogens with two attached hydrogens (primary N) is 1. The summed E-state index contributed by atoms with van der Waals surface area (Å²) in [5.74, 6) is -0.368. The molecular weight excluding hydrogens is 431 g/mol. The Morgan fingerprint density at radius 2 is 1.73 bits per heavy atom. The summed E-state index contributed by atoms with van der Waals surface area (Å²) in [4.78, 5) is 26.2. The van der Waals surface area contributed by atoms with E-state index in [9.17, 15) is 22.8 Å². The summed E-state index contributed by atoms with van der Waals surface area (Å²) >= 11 is 0. The van der Waals surface area contributed by atoms with E-state index in [1.54, 1.807) is 35.2 Å². The number of rotatable bonds is 3. The number of carbonyl (C=O) groups is 2. The molecule has 170 valence electrons. The molecule has 0 saturated carbocycles. The highest BCUT2D eigenvalue weighted by atomic mass is 19.4. The number of alkyl halides is 3. The van der Waals surface area contributed by atoms with Gasteiger partial charge in [0.25, 0.3) is 5.91 Å². The maximum absolute atomic E-state index is 13.0. The van der Waals surface area contributed by atoms with Gasteiger partial charge in [-0.05, 0) is 65.9 Å². The molecule has 1 heterocycles. The smallest absolute Gasteiger partial charge is 0.351 e. The number of hydrogen-bond donors (Lipinski definition) is 2. The molecule has 3 aromatic carbocycles. The Bertz CT molecular complexity index is 1210. The first-order valence-corrected chi connectivity index (χ1v) is 10.4. The molecule has 0 fully saturated rings. The molecule has 0 radical (unpaired) electrons. The van der Waals surface area contributed by atoms with Gasteiger partial charge in [-0.3, -0.25) is 4.79 Å². The van der Waals surface area contributed by atoms with Gasteiger partial charge in [0.05, 0.1) is 11.6 Å². The van der Waals surface area contributed by atoms with Gasteiger partial charge in [-0.1, -0.05) is 36.4 Å². The van der Waals surface area contributed by atoms with Crippen LogP contribution in [0.4, 0.5) is 23.7 Å². The largest absolute Gasteiger partial charge is 0.416 e. The van der Waals surface area contributed by atoms with Crippen molar-refractivity contribution < 1.29 is 22.8 Å². The minimum atomic E-state index is -4.42. The zero-order chi connectivity index (χ0) is 23.8. The van der Waals surface area contributed by atoms with Crippen LogP contribution in [0, 0.1) is 0 Å². The molecule has 1 unspecified atom stereocenters. The van der Waals surface area contributed by atoms with E-state index in [2.05, 4.69) is 5.32 Å². The van der Waals surface area contributed by atoms with Gasteiger partial charge in [0.2, 0.25) is 0 Å². The maximum atomic E-state index is 13.0. The summed E-state index contributed by atoms with van der Waals surface area (Å²) in [6.45, 7) is 2.40. The lowest BCUT2D eigenvalue weighted by Gasteiger charge is -2.34. The Hall–Kier alpha value is -3.81. The van der Waals surface area contributed by atoms with Crippen LogP contribution in [0.3, 0.4) is 0 Å². The quantitative estimate of drug-likeness (QED) is 0.540. The van der Waals surface area contributed by atoms with Gasteiger partial charge in [-0.15, -0.1) is 0 Å². The van der Waals surface area contributed by atoms with Gasteiger partial charge in [-0.2, -0.15) is 13.2 Å². The van der Waals surface area contributed by atoms with Crippen LogP contribution in [-0.2, 0) is 12.6 Å². The van der Waals surface area contributed by atoms with Crippen molar-refractivity contribution >= 4 is 17.6 Å². The van der Waals surface area contributed by atoms with Gasteiger partial charge in [0, 0.05) is 17.8 Å². The third-order valence-corrected chi connectivity index (χ3v) is 5.92. The Kier molecular flexibility index (Phi) is 5.84. The van der Waals surface area contributed by atoms with E-state index in [0.717, 1.165) is 23.3 Å². The second kappa shape index (κ2) is 8.61. The lowest BCUT2D eigenvalue weighted by atomic mass is 9.93. The second-order valence-electron chi connectivity index (χ2n) is 7.95. The van der Waals surface area contributed by atoms with Crippen molar-refractivity contribution in [1.82, 2.24) is 4.90 Å². The number of fused-ring (bicyclic) bond motifs is 1. The SMILES string of the molecule is CC1c2ccc(NC(=O)c3ccccc3-c3ccc(C(F)(F)F)cc3)cc2CCN1C(N)=O.